The van der Waals surface area contributed by atoms with Gasteiger partial charge in [0.1, 0.15) is 0 Å². The molecule has 0 aromatic heterocycles. The van der Waals surface area contributed by atoms with Crippen molar-refractivity contribution in [2.45, 2.75) is 46.6 Å². The van der Waals surface area contributed by atoms with Gasteiger partial charge in [0.05, 0.1) is 13.0 Å². The second-order valence-corrected chi connectivity index (χ2v) is 6.58. The molecule has 21 heavy (non-hydrogen) atoms. The lowest BCUT2D eigenvalue weighted by Crippen LogP contribution is -2.53. The predicted molar refractivity (Wildman–Crippen MR) is 82.4 cm³/mol. The summed E-state index contributed by atoms with van der Waals surface area (Å²) in [4.78, 5) is 26.9. The Morgan fingerprint density at radius 1 is 1.19 bits per heavy atom. The Hall–Kier alpha value is -1.30. The zero-order valence-electron chi connectivity index (χ0n) is 14.2. The van der Waals surface area contributed by atoms with E-state index in [2.05, 4.69) is 0 Å². The van der Waals surface area contributed by atoms with Crippen molar-refractivity contribution >= 4 is 12.0 Å². The van der Waals surface area contributed by atoms with Gasteiger partial charge < -0.3 is 19.6 Å². The summed E-state index contributed by atoms with van der Waals surface area (Å²) in [7, 11) is 1.60. The van der Waals surface area contributed by atoms with E-state index in [0.717, 1.165) is 0 Å². The van der Waals surface area contributed by atoms with Crippen molar-refractivity contribution in [3.63, 3.8) is 0 Å². The number of carbonyl (C=O) groups is 2. The first kappa shape index (κ1) is 19.7. The number of carboxylic acid groups (broad SMARTS) is 1. The fourth-order valence-electron chi connectivity index (χ4n) is 2.00. The number of ether oxygens (including phenoxy) is 1. The van der Waals surface area contributed by atoms with Crippen molar-refractivity contribution in [1.82, 2.24) is 9.80 Å². The van der Waals surface area contributed by atoms with Crippen LogP contribution >= 0.6 is 0 Å². The summed E-state index contributed by atoms with van der Waals surface area (Å²) < 4.78 is 5.06. The molecule has 0 bridgehead atoms. The maximum atomic E-state index is 12.7. The van der Waals surface area contributed by atoms with Crippen molar-refractivity contribution in [1.29, 1.82) is 0 Å². The quantitative estimate of drug-likeness (QED) is 0.747. The Bertz CT molecular complexity index is 337. The lowest BCUT2D eigenvalue weighted by molar-refractivity contribution is -0.137. The highest BCUT2D eigenvalue weighted by Crippen LogP contribution is 2.17. The van der Waals surface area contributed by atoms with Crippen molar-refractivity contribution < 1.29 is 19.4 Å². The summed E-state index contributed by atoms with van der Waals surface area (Å²) in [6, 6.07) is -0.130. The summed E-state index contributed by atoms with van der Waals surface area (Å²) in [5.41, 5.74) is -0.422. The SMILES string of the molecule is COCCN(CC(C)C)C(=O)N(CCC(=O)O)C(C)(C)C. The van der Waals surface area contributed by atoms with E-state index in [4.69, 9.17) is 9.84 Å². The Kier molecular flexibility index (Phi) is 8.32. The van der Waals surface area contributed by atoms with Gasteiger partial charge in [-0.05, 0) is 26.7 Å². The minimum atomic E-state index is -0.899. The van der Waals surface area contributed by atoms with Crippen molar-refractivity contribution in [2.24, 2.45) is 5.92 Å². The van der Waals surface area contributed by atoms with Crippen LogP contribution in [0.3, 0.4) is 0 Å². The molecule has 0 saturated heterocycles. The molecule has 0 rings (SSSR count). The van der Waals surface area contributed by atoms with Crippen LogP contribution in [0.4, 0.5) is 4.79 Å². The van der Waals surface area contributed by atoms with Gasteiger partial charge in [0.15, 0.2) is 0 Å². The molecule has 0 aromatic rings. The molecule has 0 radical (unpaired) electrons. The van der Waals surface area contributed by atoms with E-state index in [1.165, 1.54) is 0 Å². The van der Waals surface area contributed by atoms with Gasteiger partial charge in [0.25, 0.3) is 0 Å². The molecule has 1 N–H and O–H groups in total. The molecule has 0 aliphatic heterocycles. The molecular weight excluding hydrogens is 272 g/mol. The van der Waals surface area contributed by atoms with Crippen LogP contribution in [-0.2, 0) is 9.53 Å². The summed E-state index contributed by atoms with van der Waals surface area (Å²) in [6.45, 7) is 11.6. The number of carboxylic acids is 1. The summed E-state index contributed by atoms with van der Waals surface area (Å²) in [6.07, 6.45) is -0.0528. The normalized spacial score (nSPS) is 11.6. The number of aliphatic carboxylic acids is 1. The fourth-order valence-corrected chi connectivity index (χ4v) is 2.00. The van der Waals surface area contributed by atoms with Crippen molar-refractivity contribution in [3.8, 4) is 0 Å². The molecule has 124 valence electrons. The highest BCUT2D eigenvalue weighted by atomic mass is 16.5. The average molecular weight is 302 g/mol. The highest BCUT2D eigenvalue weighted by molar-refractivity contribution is 5.76. The molecule has 0 aromatic carbocycles. The van der Waals surface area contributed by atoms with Gasteiger partial charge in [-0.1, -0.05) is 13.8 Å². The van der Waals surface area contributed by atoms with Crippen molar-refractivity contribution in [3.05, 3.63) is 0 Å². The van der Waals surface area contributed by atoms with Crippen LogP contribution < -0.4 is 0 Å². The van der Waals surface area contributed by atoms with Crippen LogP contribution in [0.25, 0.3) is 0 Å². The first-order valence-corrected chi connectivity index (χ1v) is 7.36. The lowest BCUT2D eigenvalue weighted by atomic mass is 10.1. The number of urea groups is 1. The second-order valence-electron chi connectivity index (χ2n) is 6.58. The number of rotatable bonds is 8. The number of hydrogen-bond acceptors (Lipinski definition) is 3. The molecule has 0 heterocycles. The third-order valence-electron chi connectivity index (χ3n) is 3.01. The van der Waals surface area contributed by atoms with Crippen LogP contribution in [0, 0.1) is 5.92 Å². The molecule has 0 unspecified atom stereocenters. The molecular formula is C15H30N2O4. The monoisotopic (exact) mass is 302 g/mol. The molecule has 0 aliphatic carbocycles. The smallest absolute Gasteiger partial charge is 0.320 e. The van der Waals surface area contributed by atoms with E-state index in [-0.39, 0.29) is 19.0 Å². The average Bonchev–Trinajstić information content (AvgIpc) is 2.31. The number of nitrogens with zero attached hydrogens (tertiary/aromatic N) is 2. The highest BCUT2D eigenvalue weighted by Gasteiger charge is 2.30. The fraction of sp³-hybridized carbons (Fsp3) is 0.867. The molecule has 6 nitrogen and oxygen atoms in total. The molecule has 0 saturated carbocycles. The summed E-state index contributed by atoms with van der Waals surface area (Å²) in [5.74, 6) is -0.559. The number of methoxy groups -OCH3 is 1. The topological polar surface area (TPSA) is 70.1 Å². The van der Waals surface area contributed by atoms with Gasteiger partial charge in [-0.15, -0.1) is 0 Å². The number of hydrogen-bond donors (Lipinski definition) is 1. The molecule has 0 spiro atoms. The molecule has 0 fully saturated rings. The summed E-state index contributed by atoms with van der Waals surface area (Å²) in [5, 5.41) is 8.86. The van der Waals surface area contributed by atoms with E-state index in [0.29, 0.717) is 25.6 Å². The largest absolute Gasteiger partial charge is 0.481 e. The Morgan fingerprint density at radius 2 is 1.76 bits per heavy atom. The van der Waals surface area contributed by atoms with Crippen LogP contribution in [0.15, 0.2) is 0 Å². The van der Waals surface area contributed by atoms with Gasteiger partial charge in [0, 0.05) is 32.3 Å². The lowest BCUT2D eigenvalue weighted by Gasteiger charge is -2.39. The van der Waals surface area contributed by atoms with Crippen LogP contribution in [0.2, 0.25) is 0 Å². The second kappa shape index (κ2) is 8.87. The Labute approximate surface area is 128 Å². The van der Waals surface area contributed by atoms with Gasteiger partial charge in [-0.3, -0.25) is 4.79 Å². The first-order valence-electron chi connectivity index (χ1n) is 7.36. The van der Waals surface area contributed by atoms with E-state index in [9.17, 15) is 9.59 Å². The van der Waals surface area contributed by atoms with Crippen LogP contribution in [0.5, 0.6) is 0 Å². The molecule has 0 atom stereocenters. The van der Waals surface area contributed by atoms with E-state index in [1.807, 2.05) is 34.6 Å². The van der Waals surface area contributed by atoms with Crippen LogP contribution in [0.1, 0.15) is 41.0 Å². The third-order valence-corrected chi connectivity index (χ3v) is 3.01. The minimum absolute atomic E-state index is 0.0528. The number of amides is 2. The zero-order valence-corrected chi connectivity index (χ0v) is 14.2. The first-order chi connectivity index (χ1) is 9.59. The van der Waals surface area contributed by atoms with Gasteiger partial charge >= 0.3 is 12.0 Å². The maximum absolute atomic E-state index is 12.7. The van der Waals surface area contributed by atoms with Gasteiger partial charge in [-0.2, -0.15) is 0 Å². The van der Waals surface area contributed by atoms with Crippen LogP contribution in [-0.4, -0.2) is 65.8 Å². The van der Waals surface area contributed by atoms with Gasteiger partial charge in [-0.25, -0.2) is 4.79 Å². The standard InChI is InChI=1S/C15H30N2O4/c1-12(2)11-16(9-10-21-6)14(20)17(15(3,4)5)8-7-13(18)19/h12H,7-11H2,1-6H3,(H,18,19). The van der Waals surface area contributed by atoms with E-state index in [1.54, 1.807) is 16.9 Å². The number of carbonyl (C=O) groups excluding carboxylic acids is 1. The Morgan fingerprint density at radius 3 is 2.14 bits per heavy atom. The zero-order chi connectivity index (χ0) is 16.6. The molecule has 6 heteroatoms. The molecule has 0 aliphatic rings. The predicted octanol–water partition coefficient (Wildman–Crippen LogP) is 2.29. The minimum Gasteiger partial charge on any atom is -0.481 e. The molecule has 2 amide bonds. The van der Waals surface area contributed by atoms with E-state index >= 15 is 0 Å². The Balaban J connectivity index is 5.03. The maximum Gasteiger partial charge on any atom is 0.320 e. The van der Waals surface area contributed by atoms with E-state index < -0.39 is 11.5 Å². The summed E-state index contributed by atoms with van der Waals surface area (Å²) >= 11 is 0. The van der Waals surface area contributed by atoms with Gasteiger partial charge in [0.2, 0.25) is 0 Å². The third kappa shape index (κ3) is 7.90. The van der Waals surface area contributed by atoms with Crippen molar-refractivity contribution in [2.75, 3.05) is 33.4 Å².